The predicted molar refractivity (Wildman–Crippen MR) is 148 cm³/mol. The van der Waals surface area contributed by atoms with Gasteiger partial charge >= 0.3 is 6.03 Å². The third-order valence-electron chi connectivity index (χ3n) is 8.46. The number of nitrogens with zero attached hydrogens (tertiary/aromatic N) is 6. The van der Waals surface area contributed by atoms with Gasteiger partial charge in [-0.25, -0.2) is 19.2 Å². The molecule has 2 saturated heterocycles. The van der Waals surface area contributed by atoms with Crippen molar-refractivity contribution in [2.45, 2.75) is 43.9 Å². The highest BCUT2D eigenvalue weighted by atomic mass is 19.1. The van der Waals surface area contributed by atoms with Crippen molar-refractivity contribution in [2.75, 3.05) is 56.7 Å². The number of halogens is 1. The van der Waals surface area contributed by atoms with E-state index in [1.54, 1.807) is 11.0 Å². The average Bonchev–Trinajstić information content (AvgIpc) is 2.97. The minimum atomic E-state index is -1.66. The summed E-state index contributed by atoms with van der Waals surface area (Å²) in [5, 5.41) is 12.3. The van der Waals surface area contributed by atoms with Crippen LogP contribution in [0.25, 0.3) is 0 Å². The molecule has 2 aromatic rings. The van der Waals surface area contributed by atoms with E-state index in [0.717, 1.165) is 19.4 Å². The van der Waals surface area contributed by atoms with Crippen molar-refractivity contribution in [2.24, 2.45) is 5.92 Å². The fourth-order valence-corrected chi connectivity index (χ4v) is 6.05. The molecule has 13 heteroatoms. The van der Waals surface area contributed by atoms with Gasteiger partial charge in [-0.3, -0.25) is 24.7 Å². The van der Waals surface area contributed by atoms with E-state index in [9.17, 15) is 19.6 Å². The molecule has 1 saturated carbocycles. The number of piperazine rings is 1. The van der Waals surface area contributed by atoms with Crippen LogP contribution in [-0.4, -0.2) is 90.5 Å². The van der Waals surface area contributed by atoms with E-state index in [1.165, 1.54) is 17.2 Å². The minimum Gasteiger partial charge on any atom is -0.492 e. The molecule has 0 radical (unpaired) electrons. The Hall–Kier alpha value is -4.15. The third kappa shape index (κ3) is 5.28. The lowest BCUT2D eigenvalue weighted by Crippen LogP contribution is -2.60. The van der Waals surface area contributed by atoms with Crippen molar-refractivity contribution in [3.8, 4) is 11.8 Å². The van der Waals surface area contributed by atoms with Crippen molar-refractivity contribution < 1.29 is 28.2 Å². The summed E-state index contributed by atoms with van der Waals surface area (Å²) in [6.45, 7) is 3.27. The molecule has 220 valence electrons. The second-order valence-electron chi connectivity index (χ2n) is 11.5. The number of urea groups is 1. The van der Waals surface area contributed by atoms with E-state index in [1.807, 2.05) is 11.9 Å². The molecule has 1 aliphatic carbocycles. The molecule has 42 heavy (non-hydrogen) atoms. The van der Waals surface area contributed by atoms with E-state index >= 15 is 4.39 Å². The van der Waals surface area contributed by atoms with Gasteiger partial charge in [-0.1, -0.05) is 0 Å². The maximum Gasteiger partial charge on any atom is 0.328 e. The van der Waals surface area contributed by atoms with Crippen molar-refractivity contribution in [3.05, 3.63) is 40.7 Å². The van der Waals surface area contributed by atoms with Crippen LogP contribution in [0.4, 0.5) is 20.8 Å². The Bertz CT molecular complexity index is 1450. The molecule has 1 N–H and O–H groups in total. The van der Waals surface area contributed by atoms with Gasteiger partial charge < -0.3 is 14.4 Å². The molecule has 3 fully saturated rings. The number of hydrogen-bond donors (Lipinski definition) is 1. The quantitative estimate of drug-likeness (QED) is 0.492. The van der Waals surface area contributed by atoms with Gasteiger partial charge in [0.1, 0.15) is 40.4 Å². The molecule has 6 heterocycles. The second-order valence-corrected chi connectivity index (χ2v) is 11.5. The van der Waals surface area contributed by atoms with Crippen molar-refractivity contribution in [1.82, 2.24) is 19.8 Å². The first-order chi connectivity index (χ1) is 20.3. The first kappa shape index (κ1) is 28.0. The number of nitrogens with one attached hydrogen (secondary N) is 1. The lowest BCUT2D eigenvalue weighted by Gasteiger charge is -2.52. The number of rotatable bonds is 7. The van der Waals surface area contributed by atoms with Gasteiger partial charge in [0.2, 0.25) is 5.91 Å². The molecule has 12 nitrogen and oxygen atoms in total. The summed E-state index contributed by atoms with van der Waals surface area (Å²) >= 11 is 0. The van der Waals surface area contributed by atoms with E-state index in [-0.39, 0.29) is 66.2 Å². The zero-order chi connectivity index (χ0) is 29.4. The average molecular weight is 578 g/mol. The normalized spacial score (nSPS) is 25.2. The van der Waals surface area contributed by atoms with Crippen LogP contribution < -0.4 is 15.0 Å². The van der Waals surface area contributed by atoms with Gasteiger partial charge in [-0.2, -0.15) is 5.26 Å². The second kappa shape index (κ2) is 11.3. The highest BCUT2D eigenvalue weighted by Gasteiger charge is 2.57. The van der Waals surface area contributed by atoms with Crippen LogP contribution in [0.2, 0.25) is 0 Å². The zero-order valence-electron chi connectivity index (χ0n) is 23.3. The highest BCUT2D eigenvalue weighted by molar-refractivity contribution is 6.03. The smallest absolute Gasteiger partial charge is 0.328 e. The fourth-order valence-electron chi connectivity index (χ4n) is 6.05. The molecule has 5 aliphatic rings. The number of hydrogen-bond acceptors (Lipinski definition) is 9. The zero-order valence-corrected chi connectivity index (χ0v) is 23.3. The maximum atomic E-state index is 15.8. The number of carbonyl (C=O) groups is 3. The summed E-state index contributed by atoms with van der Waals surface area (Å²) in [6.07, 6.45) is 4.01. The summed E-state index contributed by atoms with van der Waals surface area (Å²) in [4.78, 5) is 51.7. The van der Waals surface area contributed by atoms with Gasteiger partial charge in [0.15, 0.2) is 6.29 Å². The largest absolute Gasteiger partial charge is 0.492 e. The van der Waals surface area contributed by atoms with E-state index < -0.39 is 17.7 Å². The van der Waals surface area contributed by atoms with E-state index in [2.05, 4.69) is 21.4 Å². The molecule has 1 unspecified atom stereocenters. The van der Waals surface area contributed by atoms with Gasteiger partial charge in [0.25, 0.3) is 0 Å². The first-order valence-corrected chi connectivity index (χ1v) is 14.1. The van der Waals surface area contributed by atoms with Crippen LogP contribution in [0.15, 0.2) is 18.3 Å². The lowest BCUT2D eigenvalue weighted by molar-refractivity contribution is -0.136. The Kier molecular flexibility index (Phi) is 7.51. The van der Waals surface area contributed by atoms with Crippen LogP contribution in [-0.2, 0) is 21.7 Å². The monoisotopic (exact) mass is 577 g/mol. The number of pyridine rings is 2. The number of aromatic nitrogens is 2. The SMILES string of the molecule is CN1CCN(Cc2cc3c(nc2C=O)N(C(=O)Nc2cc(OCC4CCCOC4)c(C#N)cn2)C2CC3(F)C2)C(=O)C1. The van der Waals surface area contributed by atoms with Gasteiger partial charge in [0, 0.05) is 68.2 Å². The maximum absolute atomic E-state index is 15.8. The summed E-state index contributed by atoms with van der Waals surface area (Å²) in [7, 11) is 1.86. The van der Waals surface area contributed by atoms with E-state index in [0.29, 0.717) is 43.9 Å². The van der Waals surface area contributed by atoms with Gasteiger partial charge in [-0.05, 0) is 26.0 Å². The number of carbonyl (C=O) groups excluding carboxylic acids is 3. The van der Waals surface area contributed by atoms with Crippen molar-refractivity contribution in [3.63, 3.8) is 0 Å². The van der Waals surface area contributed by atoms with Crippen LogP contribution >= 0.6 is 0 Å². The third-order valence-corrected chi connectivity index (χ3v) is 8.46. The Morgan fingerprint density at radius 3 is 2.90 bits per heavy atom. The lowest BCUT2D eigenvalue weighted by atomic mass is 9.68. The Labute approximate surface area is 242 Å². The summed E-state index contributed by atoms with van der Waals surface area (Å²) in [5.74, 6) is 0.660. The number of aldehydes is 1. The van der Waals surface area contributed by atoms with Crippen LogP contribution in [0.1, 0.15) is 52.9 Å². The van der Waals surface area contributed by atoms with E-state index in [4.69, 9.17) is 9.47 Å². The molecule has 2 bridgehead atoms. The molecule has 0 aromatic carbocycles. The Morgan fingerprint density at radius 2 is 2.19 bits per heavy atom. The molecule has 0 spiro atoms. The predicted octanol–water partition coefficient (Wildman–Crippen LogP) is 2.62. The van der Waals surface area contributed by atoms with Gasteiger partial charge in [-0.15, -0.1) is 0 Å². The number of amides is 3. The Balaban J connectivity index is 1.23. The Morgan fingerprint density at radius 1 is 1.36 bits per heavy atom. The summed E-state index contributed by atoms with van der Waals surface area (Å²) in [6, 6.07) is 4.10. The molecule has 3 amide bonds. The van der Waals surface area contributed by atoms with Crippen molar-refractivity contribution in [1.29, 1.82) is 5.26 Å². The number of alkyl halides is 1. The van der Waals surface area contributed by atoms with Gasteiger partial charge in [0.05, 0.1) is 26.0 Å². The molecule has 2 aromatic heterocycles. The van der Waals surface area contributed by atoms with Crippen molar-refractivity contribution >= 4 is 29.9 Å². The molecule has 7 rings (SSSR count). The summed E-state index contributed by atoms with van der Waals surface area (Å²) in [5.41, 5.74) is -0.695. The number of anilines is 2. The molecule has 1 atom stereocenters. The molecular formula is C29H32FN7O5. The number of likely N-dealkylation sites (N-methyl/N-ethyl adjacent to an activating group) is 1. The number of ether oxygens (including phenoxy) is 2. The van der Waals surface area contributed by atoms with Crippen LogP contribution in [0.3, 0.4) is 0 Å². The first-order valence-electron chi connectivity index (χ1n) is 14.1. The standard InChI is InChI=1S/C29H32FN7O5/c1-35-4-5-36(26(39)14-35)13-19-7-22-27(33-23(19)15-38)37(21-9-29(22,30)10-21)28(40)34-25-8-24(20(11-31)12-32-25)42-17-18-3-2-6-41-16-18/h7-8,12,15,18,21H,2-6,9-10,13-14,16-17H2,1H3,(H,32,34,40). The fraction of sp³-hybridized carbons (Fsp3) is 0.517. The van der Waals surface area contributed by atoms with Crippen LogP contribution in [0.5, 0.6) is 5.75 Å². The summed E-state index contributed by atoms with van der Waals surface area (Å²) < 4.78 is 27.3. The topological polar surface area (TPSA) is 141 Å². The van der Waals surface area contributed by atoms with Crippen LogP contribution in [0, 0.1) is 17.2 Å². The highest BCUT2D eigenvalue weighted by Crippen LogP contribution is 2.56. The molecule has 4 aliphatic heterocycles. The minimum absolute atomic E-state index is 0.0575. The number of nitriles is 1. The molecular weight excluding hydrogens is 545 g/mol.